The molecule has 0 spiro atoms. The highest BCUT2D eigenvalue weighted by molar-refractivity contribution is 9.10. The Morgan fingerprint density at radius 3 is 2.67 bits per heavy atom. The number of carbonyl (C=O) groups excluding carboxylic acids is 1. The van der Waals surface area contributed by atoms with Crippen LogP contribution >= 0.6 is 15.9 Å². The molecule has 1 unspecified atom stereocenters. The zero-order chi connectivity index (χ0) is 11.2. The van der Waals surface area contributed by atoms with Crippen LogP contribution in [0, 0.1) is 0 Å². The van der Waals surface area contributed by atoms with Crippen molar-refractivity contribution in [1.82, 2.24) is 4.98 Å². The number of halogens is 4. The Kier molecular flexibility index (Phi) is 2.33. The first-order valence-corrected chi connectivity index (χ1v) is 5.06. The van der Waals surface area contributed by atoms with Crippen molar-refractivity contribution in [2.45, 2.75) is 17.4 Å². The molecule has 0 N–H and O–H groups in total. The van der Waals surface area contributed by atoms with E-state index in [2.05, 4.69) is 20.9 Å². The summed E-state index contributed by atoms with van der Waals surface area (Å²) in [6.45, 7) is 0. The fraction of sp³-hybridized carbons (Fsp3) is 0.333. The first kappa shape index (κ1) is 10.6. The third-order valence-electron chi connectivity index (χ3n) is 2.19. The number of Topliss-reactive ketones (excluding diaryl/α,β-unsaturated/α-hetero) is 1. The third-order valence-corrected chi connectivity index (χ3v) is 2.93. The molecule has 1 aromatic rings. The summed E-state index contributed by atoms with van der Waals surface area (Å²) >= 11 is 3.09. The van der Waals surface area contributed by atoms with E-state index < -0.39 is 16.7 Å². The molecule has 0 bridgehead atoms. The summed E-state index contributed by atoms with van der Waals surface area (Å²) in [4.78, 5) is 14.4. The molecule has 15 heavy (non-hydrogen) atoms. The fourth-order valence-electron chi connectivity index (χ4n) is 1.47. The topological polar surface area (TPSA) is 30.0 Å². The standard InChI is InChI=1S/C9H5BrF3NO/c10-5-3-6-4(8(5)15)1-2-7(14-6)9(11,12)13/h1-2,5H,3H2. The minimum atomic E-state index is -4.46. The lowest BCUT2D eigenvalue weighted by molar-refractivity contribution is -0.141. The van der Waals surface area contributed by atoms with E-state index in [1.807, 2.05) is 0 Å². The average molecular weight is 280 g/mol. The van der Waals surface area contributed by atoms with Crippen LogP contribution in [-0.2, 0) is 12.6 Å². The lowest BCUT2D eigenvalue weighted by atomic mass is 10.2. The number of nitrogens with zero attached hydrogens (tertiary/aromatic N) is 1. The summed E-state index contributed by atoms with van der Waals surface area (Å²) in [5.74, 6) is -0.203. The molecular weight excluding hydrogens is 275 g/mol. The highest BCUT2D eigenvalue weighted by Crippen LogP contribution is 2.31. The maximum absolute atomic E-state index is 12.3. The Hall–Kier alpha value is -0.910. The lowest BCUT2D eigenvalue weighted by Gasteiger charge is -2.06. The number of alkyl halides is 4. The first-order valence-electron chi connectivity index (χ1n) is 4.15. The van der Waals surface area contributed by atoms with E-state index in [1.165, 1.54) is 6.07 Å². The van der Waals surface area contributed by atoms with Crippen LogP contribution in [0.5, 0.6) is 0 Å². The molecule has 0 fully saturated rings. The minimum Gasteiger partial charge on any atom is -0.293 e. The van der Waals surface area contributed by atoms with Crippen LogP contribution in [0.2, 0.25) is 0 Å². The molecule has 2 nitrogen and oxygen atoms in total. The van der Waals surface area contributed by atoms with Crippen LogP contribution in [0.1, 0.15) is 21.7 Å². The molecule has 80 valence electrons. The van der Waals surface area contributed by atoms with Crippen LogP contribution in [0.15, 0.2) is 12.1 Å². The number of hydrogen-bond acceptors (Lipinski definition) is 2. The van der Waals surface area contributed by atoms with Crippen molar-refractivity contribution in [2.75, 3.05) is 0 Å². The highest BCUT2D eigenvalue weighted by atomic mass is 79.9. The van der Waals surface area contributed by atoms with Gasteiger partial charge in [0.15, 0.2) is 5.78 Å². The number of carbonyl (C=O) groups is 1. The van der Waals surface area contributed by atoms with Crippen molar-refractivity contribution in [1.29, 1.82) is 0 Å². The molecule has 1 aliphatic rings. The van der Waals surface area contributed by atoms with Crippen molar-refractivity contribution in [3.63, 3.8) is 0 Å². The summed E-state index contributed by atoms with van der Waals surface area (Å²) < 4.78 is 36.9. The maximum atomic E-state index is 12.3. The highest BCUT2D eigenvalue weighted by Gasteiger charge is 2.36. The van der Waals surface area contributed by atoms with Gasteiger partial charge in [-0.3, -0.25) is 4.79 Å². The first-order chi connectivity index (χ1) is 6.89. The van der Waals surface area contributed by atoms with Gasteiger partial charge in [-0.25, -0.2) is 4.98 Å². The smallest absolute Gasteiger partial charge is 0.293 e. The number of pyridine rings is 1. The van der Waals surface area contributed by atoms with E-state index in [0.717, 1.165) is 6.07 Å². The number of hydrogen-bond donors (Lipinski definition) is 0. The second-order valence-electron chi connectivity index (χ2n) is 3.22. The molecule has 0 radical (unpaired) electrons. The molecule has 0 aromatic carbocycles. The van der Waals surface area contributed by atoms with Gasteiger partial charge in [0.1, 0.15) is 5.69 Å². The predicted molar refractivity (Wildman–Crippen MR) is 50.0 cm³/mol. The minimum absolute atomic E-state index is 0.203. The van der Waals surface area contributed by atoms with E-state index in [4.69, 9.17) is 0 Å². The van der Waals surface area contributed by atoms with Crippen LogP contribution in [0.4, 0.5) is 13.2 Å². The predicted octanol–water partition coefficient (Wildman–Crippen LogP) is 2.60. The van der Waals surface area contributed by atoms with Crippen molar-refractivity contribution in [3.05, 3.63) is 29.1 Å². The summed E-state index contributed by atoms with van der Waals surface area (Å²) in [5, 5.41) is 0. The van der Waals surface area contributed by atoms with Crippen molar-refractivity contribution >= 4 is 21.7 Å². The summed E-state index contributed by atoms with van der Waals surface area (Å²) in [6, 6.07) is 2.02. The van der Waals surface area contributed by atoms with Gasteiger partial charge in [-0.2, -0.15) is 13.2 Å². The zero-order valence-electron chi connectivity index (χ0n) is 7.31. The summed E-state index contributed by atoms with van der Waals surface area (Å²) in [6.07, 6.45) is -4.24. The third kappa shape index (κ3) is 1.78. The van der Waals surface area contributed by atoms with Gasteiger partial charge in [0, 0.05) is 12.0 Å². The number of ketones is 1. The van der Waals surface area contributed by atoms with Gasteiger partial charge in [-0.05, 0) is 12.1 Å². The average Bonchev–Trinajstić information content (AvgIpc) is 2.41. The van der Waals surface area contributed by atoms with Crippen molar-refractivity contribution in [2.24, 2.45) is 0 Å². The zero-order valence-corrected chi connectivity index (χ0v) is 8.89. The molecule has 0 saturated carbocycles. The van der Waals surface area contributed by atoms with E-state index >= 15 is 0 Å². The Morgan fingerprint density at radius 1 is 1.40 bits per heavy atom. The molecule has 1 heterocycles. The molecule has 0 amide bonds. The van der Waals surface area contributed by atoms with Crippen molar-refractivity contribution < 1.29 is 18.0 Å². The quantitative estimate of drug-likeness (QED) is 0.684. The molecule has 6 heteroatoms. The normalized spacial score (nSPS) is 20.5. The van der Waals surface area contributed by atoms with Gasteiger partial charge in [0.2, 0.25) is 0 Å². The van der Waals surface area contributed by atoms with Gasteiger partial charge in [0.25, 0.3) is 0 Å². The Labute approximate surface area is 91.6 Å². The molecule has 0 saturated heterocycles. The number of aromatic nitrogens is 1. The molecule has 1 aliphatic carbocycles. The Bertz CT molecular complexity index is 430. The van der Waals surface area contributed by atoms with Gasteiger partial charge < -0.3 is 0 Å². The van der Waals surface area contributed by atoms with Crippen LogP contribution in [0.25, 0.3) is 0 Å². The maximum Gasteiger partial charge on any atom is 0.433 e. The van der Waals surface area contributed by atoms with Gasteiger partial charge in [0.05, 0.1) is 10.5 Å². The number of fused-ring (bicyclic) bond motifs is 1. The largest absolute Gasteiger partial charge is 0.433 e. The second kappa shape index (κ2) is 3.30. The SMILES string of the molecule is O=C1c2ccc(C(F)(F)F)nc2CC1Br. The molecular formula is C9H5BrF3NO. The van der Waals surface area contributed by atoms with Gasteiger partial charge >= 0.3 is 6.18 Å². The second-order valence-corrected chi connectivity index (χ2v) is 4.33. The summed E-state index contributed by atoms with van der Waals surface area (Å²) in [5.41, 5.74) is -0.447. The molecule has 1 aromatic heterocycles. The number of rotatable bonds is 0. The molecule has 0 aliphatic heterocycles. The van der Waals surface area contributed by atoms with Crippen LogP contribution < -0.4 is 0 Å². The lowest BCUT2D eigenvalue weighted by Crippen LogP contribution is -2.09. The van der Waals surface area contributed by atoms with E-state index in [1.54, 1.807) is 0 Å². The Balaban J connectivity index is 2.47. The van der Waals surface area contributed by atoms with E-state index in [-0.39, 0.29) is 23.5 Å². The fourth-order valence-corrected chi connectivity index (χ4v) is 2.02. The monoisotopic (exact) mass is 279 g/mol. The van der Waals surface area contributed by atoms with Gasteiger partial charge in [-0.1, -0.05) is 15.9 Å². The van der Waals surface area contributed by atoms with Gasteiger partial charge in [-0.15, -0.1) is 0 Å². The molecule has 2 rings (SSSR count). The van der Waals surface area contributed by atoms with E-state index in [9.17, 15) is 18.0 Å². The van der Waals surface area contributed by atoms with Crippen LogP contribution in [-0.4, -0.2) is 15.6 Å². The Morgan fingerprint density at radius 2 is 2.07 bits per heavy atom. The van der Waals surface area contributed by atoms with E-state index in [0.29, 0.717) is 0 Å². The summed E-state index contributed by atoms with van der Waals surface area (Å²) in [7, 11) is 0. The van der Waals surface area contributed by atoms with Crippen LogP contribution in [0.3, 0.4) is 0 Å². The molecule has 1 atom stereocenters. The van der Waals surface area contributed by atoms with Crippen molar-refractivity contribution in [3.8, 4) is 0 Å².